The van der Waals surface area contributed by atoms with Gasteiger partial charge >= 0.3 is 0 Å². The van der Waals surface area contributed by atoms with Gasteiger partial charge in [0, 0.05) is 23.6 Å². The SMILES string of the molecule is CCC(C)(C)N(C)c1ccc(CNCC(C)C)cc1Br. The predicted molar refractivity (Wildman–Crippen MR) is 93.5 cm³/mol. The third-order valence-corrected chi connectivity index (χ3v) is 4.66. The van der Waals surface area contributed by atoms with E-state index in [4.69, 9.17) is 0 Å². The van der Waals surface area contributed by atoms with E-state index in [0.29, 0.717) is 5.92 Å². The van der Waals surface area contributed by atoms with Crippen molar-refractivity contribution in [2.24, 2.45) is 5.92 Å². The standard InChI is InChI=1S/C17H29BrN2/c1-7-17(4,5)20(6)16-9-8-14(10-15(16)18)12-19-11-13(2)3/h8-10,13,19H,7,11-12H2,1-6H3. The predicted octanol–water partition coefficient (Wildman–Crippen LogP) is 4.82. The van der Waals surface area contributed by atoms with E-state index in [9.17, 15) is 0 Å². The fraction of sp³-hybridized carbons (Fsp3) is 0.647. The zero-order valence-electron chi connectivity index (χ0n) is 13.8. The molecule has 0 bridgehead atoms. The molecule has 114 valence electrons. The van der Waals surface area contributed by atoms with Gasteiger partial charge in [-0.3, -0.25) is 0 Å². The van der Waals surface area contributed by atoms with Gasteiger partial charge in [-0.2, -0.15) is 0 Å². The molecule has 2 nitrogen and oxygen atoms in total. The van der Waals surface area contributed by atoms with Gasteiger partial charge in [-0.05, 0) is 66.4 Å². The van der Waals surface area contributed by atoms with Crippen LogP contribution in [0.25, 0.3) is 0 Å². The van der Waals surface area contributed by atoms with Crippen LogP contribution in [0.15, 0.2) is 22.7 Å². The monoisotopic (exact) mass is 340 g/mol. The summed E-state index contributed by atoms with van der Waals surface area (Å²) in [5, 5.41) is 3.48. The molecule has 0 aliphatic carbocycles. The molecule has 0 aromatic heterocycles. The second-order valence-corrected chi connectivity index (χ2v) is 7.39. The Morgan fingerprint density at radius 1 is 1.30 bits per heavy atom. The van der Waals surface area contributed by atoms with Gasteiger partial charge < -0.3 is 10.2 Å². The minimum absolute atomic E-state index is 0.167. The van der Waals surface area contributed by atoms with E-state index in [1.54, 1.807) is 0 Å². The summed E-state index contributed by atoms with van der Waals surface area (Å²) >= 11 is 3.72. The zero-order chi connectivity index (χ0) is 15.3. The summed E-state index contributed by atoms with van der Waals surface area (Å²) in [6, 6.07) is 6.66. The molecule has 0 heterocycles. The summed E-state index contributed by atoms with van der Waals surface area (Å²) in [6.07, 6.45) is 1.12. The van der Waals surface area contributed by atoms with Gasteiger partial charge in [-0.15, -0.1) is 0 Å². The Morgan fingerprint density at radius 3 is 2.45 bits per heavy atom. The van der Waals surface area contributed by atoms with Crippen LogP contribution in [0.3, 0.4) is 0 Å². The van der Waals surface area contributed by atoms with E-state index in [0.717, 1.165) is 19.5 Å². The topological polar surface area (TPSA) is 15.3 Å². The third-order valence-electron chi connectivity index (χ3n) is 4.03. The van der Waals surface area contributed by atoms with Gasteiger partial charge in [0.2, 0.25) is 0 Å². The van der Waals surface area contributed by atoms with Crippen LogP contribution < -0.4 is 10.2 Å². The largest absolute Gasteiger partial charge is 0.369 e. The van der Waals surface area contributed by atoms with E-state index in [2.05, 4.69) is 86.0 Å². The molecule has 1 aromatic rings. The Kier molecular flexibility index (Phi) is 6.53. The van der Waals surface area contributed by atoms with E-state index >= 15 is 0 Å². The van der Waals surface area contributed by atoms with Crippen molar-refractivity contribution in [2.45, 2.75) is 53.1 Å². The highest BCUT2D eigenvalue weighted by Gasteiger charge is 2.22. The normalized spacial score (nSPS) is 12.0. The number of hydrogen-bond donors (Lipinski definition) is 1. The third kappa shape index (κ3) is 4.78. The molecule has 0 saturated heterocycles. The van der Waals surface area contributed by atoms with Crippen molar-refractivity contribution in [1.82, 2.24) is 5.32 Å². The molecule has 0 unspecified atom stereocenters. The number of nitrogens with zero attached hydrogens (tertiary/aromatic N) is 1. The molecule has 1 N–H and O–H groups in total. The molecular formula is C17H29BrN2. The first kappa shape index (κ1) is 17.5. The summed E-state index contributed by atoms with van der Waals surface area (Å²) in [5.41, 5.74) is 2.74. The first-order valence-corrected chi connectivity index (χ1v) is 8.30. The van der Waals surface area contributed by atoms with Gasteiger partial charge in [0.05, 0.1) is 5.69 Å². The quantitative estimate of drug-likeness (QED) is 0.765. The van der Waals surface area contributed by atoms with Crippen LogP contribution in [0.1, 0.15) is 46.6 Å². The van der Waals surface area contributed by atoms with Crippen LogP contribution >= 0.6 is 15.9 Å². The van der Waals surface area contributed by atoms with Crippen molar-refractivity contribution in [3.05, 3.63) is 28.2 Å². The van der Waals surface area contributed by atoms with E-state index < -0.39 is 0 Å². The lowest BCUT2D eigenvalue weighted by Gasteiger charge is -2.37. The van der Waals surface area contributed by atoms with E-state index in [1.807, 2.05) is 0 Å². The molecule has 1 rings (SSSR count). The first-order chi connectivity index (χ1) is 9.27. The van der Waals surface area contributed by atoms with Gasteiger partial charge in [0.25, 0.3) is 0 Å². The van der Waals surface area contributed by atoms with Crippen molar-refractivity contribution in [2.75, 3.05) is 18.5 Å². The van der Waals surface area contributed by atoms with Crippen molar-refractivity contribution >= 4 is 21.6 Å². The average molecular weight is 341 g/mol. The van der Waals surface area contributed by atoms with Crippen LogP contribution in [0.5, 0.6) is 0 Å². The number of anilines is 1. The van der Waals surface area contributed by atoms with Crippen molar-refractivity contribution in [1.29, 1.82) is 0 Å². The number of rotatable bonds is 7. The maximum Gasteiger partial charge on any atom is 0.0512 e. The fourth-order valence-electron chi connectivity index (χ4n) is 2.00. The second kappa shape index (κ2) is 7.46. The van der Waals surface area contributed by atoms with Crippen LogP contribution in [-0.2, 0) is 6.54 Å². The van der Waals surface area contributed by atoms with E-state index in [1.165, 1.54) is 15.7 Å². The van der Waals surface area contributed by atoms with Gasteiger partial charge in [-0.25, -0.2) is 0 Å². The Balaban J connectivity index is 2.78. The maximum absolute atomic E-state index is 3.72. The number of halogens is 1. The molecule has 0 radical (unpaired) electrons. The van der Waals surface area contributed by atoms with Crippen molar-refractivity contribution in [3.63, 3.8) is 0 Å². The van der Waals surface area contributed by atoms with Gasteiger partial charge in [0.1, 0.15) is 0 Å². The Hall–Kier alpha value is -0.540. The second-order valence-electron chi connectivity index (χ2n) is 6.54. The minimum Gasteiger partial charge on any atom is -0.369 e. The summed E-state index contributed by atoms with van der Waals surface area (Å²) in [5.74, 6) is 0.689. The zero-order valence-corrected chi connectivity index (χ0v) is 15.3. The number of hydrogen-bond acceptors (Lipinski definition) is 2. The molecule has 0 fully saturated rings. The molecule has 1 aromatic carbocycles. The van der Waals surface area contributed by atoms with Gasteiger partial charge in [-0.1, -0.05) is 26.8 Å². The lowest BCUT2D eigenvalue weighted by Crippen LogP contribution is -2.40. The molecule has 3 heteroatoms. The summed E-state index contributed by atoms with van der Waals surface area (Å²) in [4.78, 5) is 2.35. The van der Waals surface area contributed by atoms with Crippen LogP contribution in [0, 0.1) is 5.92 Å². The molecule has 0 spiro atoms. The Labute approximate surface area is 133 Å². The Bertz CT molecular complexity index is 427. The fourth-order valence-corrected chi connectivity index (χ4v) is 2.69. The lowest BCUT2D eigenvalue weighted by molar-refractivity contribution is 0.470. The van der Waals surface area contributed by atoms with E-state index in [-0.39, 0.29) is 5.54 Å². The summed E-state index contributed by atoms with van der Waals surface area (Å²) in [6.45, 7) is 13.2. The highest BCUT2D eigenvalue weighted by atomic mass is 79.9. The van der Waals surface area contributed by atoms with Crippen molar-refractivity contribution < 1.29 is 0 Å². The van der Waals surface area contributed by atoms with Crippen LogP contribution in [-0.4, -0.2) is 19.1 Å². The Morgan fingerprint density at radius 2 is 1.95 bits per heavy atom. The molecule has 0 saturated carbocycles. The molecule has 20 heavy (non-hydrogen) atoms. The first-order valence-electron chi connectivity index (χ1n) is 7.51. The van der Waals surface area contributed by atoms with Crippen LogP contribution in [0.2, 0.25) is 0 Å². The van der Waals surface area contributed by atoms with Crippen LogP contribution in [0.4, 0.5) is 5.69 Å². The average Bonchev–Trinajstić information content (AvgIpc) is 2.37. The maximum atomic E-state index is 3.72. The molecule has 0 aliphatic rings. The minimum atomic E-state index is 0.167. The summed E-state index contributed by atoms with van der Waals surface area (Å²) in [7, 11) is 2.17. The number of nitrogens with one attached hydrogen (secondary N) is 1. The summed E-state index contributed by atoms with van der Waals surface area (Å²) < 4.78 is 1.17. The van der Waals surface area contributed by atoms with Gasteiger partial charge in [0.15, 0.2) is 0 Å². The molecule has 0 amide bonds. The van der Waals surface area contributed by atoms with Crippen molar-refractivity contribution in [3.8, 4) is 0 Å². The number of benzene rings is 1. The molecular weight excluding hydrogens is 312 g/mol. The lowest BCUT2D eigenvalue weighted by atomic mass is 9.99. The highest BCUT2D eigenvalue weighted by molar-refractivity contribution is 9.10. The smallest absolute Gasteiger partial charge is 0.0512 e. The molecule has 0 atom stereocenters. The highest BCUT2D eigenvalue weighted by Crippen LogP contribution is 2.32. The molecule has 0 aliphatic heterocycles.